The predicted octanol–water partition coefficient (Wildman–Crippen LogP) is 2.54. The van der Waals surface area contributed by atoms with Crippen LogP contribution in [0.3, 0.4) is 0 Å². The molecule has 31 heavy (non-hydrogen) atoms. The second-order valence-corrected chi connectivity index (χ2v) is 9.09. The SMILES string of the molecule is COCCCn1c(C)cc(C(=O)COC(=O)CCNS(=O)(=O)c2ccc(C)cc2)c1C. The van der Waals surface area contributed by atoms with E-state index in [1.165, 1.54) is 12.1 Å². The second kappa shape index (κ2) is 11.2. The first-order valence-corrected chi connectivity index (χ1v) is 11.5. The number of nitrogens with one attached hydrogen (secondary N) is 1. The van der Waals surface area contributed by atoms with Gasteiger partial charge in [0.1, 0.15) is 0 Å². The van der Waals surface area contributed by atoms with Crippen molar-refractivity contribution in [2.45, 2.75) is 45.1 Å². The minimum absolute atomic E-state index is 0.114. The number of aryl methyl sites for hydroxylation is 2. The van der Waals surface area contributed by atoms with Crippen molar-refractivity contribution in [1.82, 2.24) is 9.29 Å². The number of hydrogen-bond acceptors (Lipinski definition) is 6. The molecule has 0 spiro atoms. The molecule has 1 aromatic heterocycles. The Hall–Kier alpha value is -2.49. The molecule has 1 N–H and O–H groups in total. The summed E-state index contributed by atoms with van der Waals surface area (Å²) in [6.07, 6.45) is 0.655. The molecule has 0 radical (unpaired) electrons. The number of rotatable bonds is 12. The van der Waals surface area contributed by atoms with Gasteiger partial charge < -0.3 is 14.0 Å². The number of methoxy groups -OCH3 is 1. The van der Waals surface area contributed by atoms with Crippen LogP contribution in [-0.2, 0) is 30.8 Å². The highest BCUT2D eigenvalue weighted by molar-refractivity contribution is 7.89. The largest absolute Gasteiger partial charge is 0.457 e. The number of ketones is 1. The summed E-state index contributed by atoms with van der Waals surface area (Å²) >= 11 is 0. The Kier molecular flexibility index (Phi) is 8.97. The minimum atomic E-state index is -3.70. The lowest BCUT2D eigenvalue weighted by molar-refractivity contribution is -0.142. The number of esters is 1. The molecule has 0 aliphatic heterocycles. The molecule has 0 atom stereocenters. The van der Waals surface area contributed by atoms with Gasteiger partial charge >= 0.3 is 5.97 Å². The first-order chi connectivity index (χ1) is 14.7. The third-order valence-electron chi connectivity index (χ3n) is 4.92. The number of Topliss-reactive ketones (excluding diaryl/α,β-unsaturated/α-hetero) is 1. The molecule has 0 amide bonds. The summed E-state index contributed by atoms with van der Waals surface area (Å²) in [6, 6.07) is 8.18. The molecule has 0 fully saturated rings. The molecule has 2 aromatic rings. The minimum Gasteiger partial charge on any atom is -0.457 e. The van der Waals surface area contributed by atoms with E-state index in [0.29, 0.717) is 12.2 Å². The summed E-state index contributed by atoms with van der Waals surface area (Å²) < 4.78 is 38.9. The van der Waals surface area contributed by atoms with Crippen LogP contribution in [0.4, 0.5) is 0 Å². The Morgan fingerprint density at radius 1 is 1.10 bits per heavy atom. The van der Waals surface area contributed by atoms with Crippen LogP contribution in [0.2, 0.25) is 0 Å². The molecule has 0 aliphatic carbocycles. The molecule has 0 saturated heterocycles. The Labute approximate surface area is 183 Å². The van der Waals surface area contributed by atoms with Crippen LogP contribution in [-0.4, -0.2) is 51.6 Å². The molecular weight excluding hydrogens is 420 g/mol. The lowest BCUT2D eigenvalue weighted by Gasteiger charge is -2.09. The lowest BCUT2D eigenvalue weighted by atomic mass is 10.1. The average molecular weight is 451 g/mol. The highest BCUT2D eigenvalue weighted by Crippen LogP contribution is 2.17. The van der Waals surface area contributed by atoms with E-state index in [0.717, 1.165) is 29.9 Å². The Bertz CT molecular complexity index is 1010. The molecule has 170 valence electrons. The van der Waals surface area contributed by atoms with E-state index in [9.17, 15) is 18.0 Å². The monoisotopic (exact) mass is 450 g/mol. The highest BCUT2D eigenvalue weighted by atomic mass is 32.2. The smallest absolute Gasteiger partial charge is 0.307 e. The van der Waals surface area contributed by atoms with Crippen LogP contribution in [0.1, 0.15) is 40.2 Å². The summed E-state index contributed by atoms with van der Waals surface area (Å²) in [5.74, 6) is -0.937. The van der Waals surface area contributed by atoms with Gasteiger partial charge in [0.05, 0.1) is 11.3 Å². The summed E-state index contributed by atoms with van der Waals surface area (Å²) in [4.78, 5) is 24.6. The van der Waals surface area contributed by atoms with Gasteiger partial charge in [0.25, 0.3) is 0 Å². The number of hydrogen-bond donors (Lipinski definition) is 1. The van der Waals surface area contributed by atoms with Gasteiger partial charge in [0.2, 0.25) is 15.8 Å². The maximum atomic E-state index is 12.5. The maximum absolute atomic E-state index is 12.5. The number of nitrogens with zero attached hydrogens (tertiary/aromatic N) is 1. The zero-order valence-electron chi connectivity index (χ0n) is 18.4. The fourth-order valence-corrected chi connectivity index (χ4v) is 4.21. The van der Waals surface area contributed by atoms with E-state index in [4.69, 9.17) is 9.47 Å². The van der Waals surface area contributed by atoms with Crippen molar-refractivity contribution in [1.29, 1.82) is 0 Å². The molecule has 1 aromatic carbocycles. The average Bonchev–Trinajstić information content (AvgIpc) is 3.00. The highest BCUT2D eigenvalue weighted by Gasteiger charge is 2.18. The second-order valence-electron chi connectivity index (χ2n) is 7.33. The Morgan fingerprint density at radius 2 is 1.77 bits per heavy atom. The zero-order valence-corrected chi connectivity index (χ0v) is 19.3. The standard InChI is InChI=1S/C22H30N2O6S/c1-16-6-8-19(9-7-16)31(27,28)23-11-10-22(26)30-15-21(25)20-14-17(2)24(18(20)3)12-5-13-29-4/h6-9,14,23H,5,10-13,15H2,1-4H3. The van der Waals surface area contributed by atoms with Crippen molar-refractivity contribution in [2.24, 2.45) is 0 Å². The van der Waals surface area contributed by atoms with Crippen molar-refractivity contribution in [3.63, 3.8) is 0 Å². The van der Waals surface area contributed by atoms with Crippen LogP contribution >= 0.6 is 0 Å². The molecule has 2 rings (SSSR count). The first-order valence-electron chi connectivity index (χ1n) is 10.1. The quantitative estimate of drug-likeness (QED) is 0.303. The summed E-state index contributed by atoms with van der Waals surface area (Å²) in [5.41, 5.74) is 3.24. The molecular formula is C22H30N2O6S. The van der Waals surface area contributed by atoms with E-state index in [2.05, 4.69) is 4.72 Å². The number of ether oxygens (including phenoxy) is 2. The number of benzene rings is 1. The lowest BCUT2D eigenvalue weighted by Crippen LogP contribution is -2.27. The van der Waals surface area contributed by atoms with Crippen molar-refractivity contribution in [3.05, 3.63) is 52.8 Å². The van der Waals surface area contributed by atoms with Gasteiger partial charge in [-0.2, -0.15) is 0 Å². The molecule has 9 heteroatoms. The number of sulfonamides is 1. The van der Waals surface area contributed by atoms with Crippen molar-refractivity contribution in [3.8, 4) is 0 Å². The van der Waals surface area contributed by atoms with Gasteiger partial charge in [-0.05, 0) is 45.4 Å². The van der Waals surface area contributed by atoms with Gasteiger partial charge in [-0.3, -0.25) is 9.59 Å². The Balaban J connectivity index is 1.82. The van der Waals surface area contributed by atoms with Crippen LogP contribution in [0.5, 0.6) is 0 Å². The zero-order chi connectivity index (χ0) is 23.0. The summed E-state index contributed by atoms with van der Waals surface area (Å²) in [5, 5.41) is 0. The third kappa shape index (κ3) is 7.02. The number of carbonyl (C=O) groups is 2. The van der Waals surface area contributed by atoms with E-state index in [-0.39, 0.29) is 30.3 Å². The van der Waals surface area contributed by atoms with Gasteiger partial charge in [-0.15, -0.1) is 0 Å². The Morgan fingerprint density at radius 3 is 2.42 bits per heavy atom. The maximum Gasteiger partial charge on any atom is 0.307 e. The molecule has 0 bridgehead atoms. The van der Waals surface area contributed by atoms with E-state index < -0.39 is 16.0 Å². The van der Waals surface area contributed by atoms with Crippen molar-refractivity contribution >= 4 is 21.8 Å². The normalized spacial score (nSPS) is 11.5. The third-order valence-corrected chi connectivity index (χ3v) is 6.40. The molecule has 1 heterocycles. The topological polar surface area (TPSA) is 104 Å². The van der Waals surface area contributed by atoms with Crippen LogP contribution in [0.25, 0.3) is 0 Å². The molecule has 8 nitrogen and oxygen atoms in total. The van der Waals surface area contributed by atoms with Crippen LogP contribution in [0, 0.1) is 20.8 Å². The van der Waals surface area contributed by atoms with Gasteiger partial charge in [-0.25, -0.2) is 13.1 Å². The fourth-order valence-electron chi connectivity index (χ4n) is 3.18. The van der Waals surface area contributed by atoms with E-state index in [1.54, 1.807) is 25.3 Å². The number of carbonyl (C=O) groups excluding carboxylic acids is 2. The predicted molar refractivity (Wildman–Crippen MR) is 117 cm³/mol. The van der Waals surface area contributed by atoms with Crippen LogP contribution in [0.15, 0.2) is 35.2 Å². The molecule has 0 saturated carbocycles. The van der Waals surface area contributed by atoms with Crippen molar-refractivity contribution < 1.29 is 27.5 Å². The summed E-state index contributed by atoms with van der Waals surface area (Å²) in [7, 11) is -2.06. The fraction of sp³-hybridized carbons (Fsp3) is 0.455. The molecule has 0 unspecified atom stereocenters. The van der Waals surface area contributed by atoms with Gasteiger partial charge in [0.15, 0.2) is 6.61 Å². The van der Waals surface area contributed by atoms with Crippen LogP contribution < -0.4 is 4.72 Å². The summed E-state index contributed by atoms with van der Waals surface area (Å²) in [6.45, 7) is 6.51. The van der Waals surface area contributed by atoms with Gasteiger partial charge in [0, 0.05) is 43.8 Å². The van der Waals surface area contributed by atoms with E-state index >= 15 is 0 Å². The molecule has 0 aliphatic rings. The van der Waals surface area contributed by atoms with E-state index in [1.807, 2.05) is 25.3 Å². The number of aromatic nitrogens is 1. The van der Waals surface area contributed by atoms with Gasteiger partial charge in [-0.1, -0.05) is 17.7 Å². The van der Waals surface area contributed by atoms with Crippen molar-refractivity contribution in [2.75, 3.05) is 26.9 Å². The first kappa shape index (κ1) is 24.8.